The maximum absolute atomic E-state index is 14.8. The second-order valence-corrected chi connectivity index (χ2v) is 12.9. The fourth-order valence-electron chi connectivity index (χ4n) is 7.27. The van der Waals surface area contributed by atoms with Gasteiger partial charge in [0.1, 0.15) is 5.54 Å². The van der Waals surface area contributed by atoms with Crippen LogP contribution in [0.25, 0.3) is 11.1 Å². The zero-order valence-corrected chi connectivity index (χ0v) is 23.1. The minimum Gasteiger partial charge on any atom is -0.207 e. The molecule has 1 spiro atoms. The molecule has 0 saturated heterocycles. The minimum atomic E-state index is -3.88. The fourth-order valence-corrected chi connectivity index (χ4v) is 9.38. The molecule has 0 aromatic heterocycles. The van der Waals surface area contributed by atoms with Crippen molar-refractivity contribution >= 4 is 21.2 Å². The number of hydrogen-bond donors (Lipinski definition) is 0. The largest absolute Gasteiger partial charge is 0.245 e. The Hall–Kier alpha value is -4.25. The number of hydrogen-bond acceptors (Lipinski definition) is 2. The van der Waals surface area contributed by atoms with Crippen LogP contribution in [-0.4, -0.2) is 12.7 Å². The third-order valence-corrected chi connectivity index (χ3v) is 10.7. The van der Waals surface area contributed by atoms with Crippen LogP contribution in [0.1, 0.15) is 56.1 Å². The van der Waals surface area contributed by atoms with Crippen molar-refractivity contribution in [2.75, 3.05) is 0 Å². The van der Waals surface area contributed by atoms with Crippen LogP contribution in [0.4, 0.5) is 0 Å². The Kier molecular flexibility index (Phi) is 4.80. The van der Waals surface area contributed by atoms with Crippen molar-refractivity contribution in [3.63, 3.8) is 0 Å². The van der Waals surface area contributed by atoms with Crippen molar-refractivity contribution in [2.45, 2.75) is 30.3 Å². The minimum absolute atomic E-state index is 0.387. The second-order valence-electron chi connectivity index (χ2n) is 11.1. The summed E-state index contributed by atoms with van der Waals surface area (Å²) in [5.74, 6) is 0. The fraction of sp³-hybridized carbons (Fsp3) is 0.111. The normalized spacial score (nSPS) is 21.8. The molecule has 2 heterocycles. The first-order chi connectivity index (χ1) is 19.4. The summed E-state index contributed by atoms with van der Waals surface area (Å²) >= 11 is 0. The Morgan fingerprint density at radius 2 is 1.30 bits per heavy atom. The number of fused-ring (bicyclic) bond motifs is 4. The first-order valence-corrected chi connectivity index (χ1v) is 15.1. The molecule has 0 amide bonds. The summed E-state index contributed by atoms with van der Waals surface area (Å²) in [6.07, 6.45) is 0. The van der Waals surface area contributed by atoms with Gasteiger partial charge >= 0.3 is 0 Å². The molecule has 2 atom stereocenters. The lowest BCUT2D eigenvalue weighted by Gasteiger charge is -2.47. The van der Waals surface area contributed by atoms with Crippen molar-refractivity contribution in [1.29, 1.82) is 0 Å². The molecule has 4 heteroatoms. The molecule has 8 rings (SSSR count). The summed E-state index contributed by atoms with van der Waals surface area (Å²) in [6.45, 7) is 4.17. The van der Waals surface area contributed by atoms with Crippen LogP contribution in [0, 0.1) is 13.8 Å². The number of nitrogens with zero attached hydrogens (tertiary/aromatic N) is 1. The van der Waals surface area contributed by atoms with E-state index in [-0.39, 0.29) is 0 Å². The summed E-state index contributed by atoms with van der Waals surface area (Å²) < 4.78 is 31.5. The number of rotatable bonds is 2. The van der Waals surface area contributed by atoms with E-state index < -0.39 is 21.6 Å². The van der Waals surface area contributed by atoms with Gasteiger partial charge in [-0.2, -0.15) is 4.31 Å². The van der Waals surface area contributed by atoms with Crippen molar-refractivity contribution in [3.8, 4) is 0 Å². The van der Waals surface area contributed by atoms with E-state index in [1.54, 1.807) is 6.07 Å². The monoisotopic (exact) mass is 537 g/mol. The molecule has 5 aromatic carbocycles. The lowest BCUT2D eigenvalue weighted by Crippen LogP contribution is -2.50. The van der Waals surface area contributed by atoms with E-state index in [4.69, 9.17) is 0 Å². The van der Waals surface area contributed by atoms with Gasteiger partial charge in [-0.15, -0.1) is 0 Å². The standard InChI is InChI=1S/C36H27NO2S/c1-23-16-19-25(20-17-23)33-28-12-6-7-13-30(28)36-31-14-8-9-15-32(31)40(38,39)37(36)35(26-10-4-3-5-11-26)29-22-24(2)18-21-27(29)34(33)36/h3-22,35H,1-2H3/t35-,36-/m1/s1. The van der Waals surface area contributed by atoms with E-state index >= 15 is 0 Å². The van der Waals surface area contributed by atoms with Gasteiger partial charge in [0.2, 0.25) is 10.0 Å². The van der Waals surface area contributed by atoms with Crippen molar-refractivity contribution in [2.24, 2.45) is 0 Å². The zero-order chi connectivity index (χ0) is 27.2. The van der Waals surface area contributed by atoms with Crippen LogP contribution >= 0.6 is 0 Å². The van der Waals surface area contributed by atoms with Gasteiger partial charge < -0.3 is 0 Å². The highest BCUT2D eigenvalue weighted by Gasteiger charge is 2.65. The quantitative estimate of drug-likeness (QED) is 0.232. The lowest BCUT2D eigenvalue weighted by atomic mass is 9.70. The van der Waals surface area contributed by atoms with E-state index in [1.165, 1.54) is 5.56 Å². The maximum atomic E-state index is 14.8. The number of benzene rings is 5. The molecular weight excluding hydrogens is 510 g/mol. The van der Waals surface area contributed by atoms with Gasteiger partial charge in [-0.25, -0.2) is 8.42 Å². The summed E-state index contributed by atoms with van der Waals surface area (Å²) in [5.41, 5.74) is 10.6. The molecule has 3 aliphatic rings. The van der Waals surface area contributed by atoms with Crippen molar-refractivity contribution < 1.29 is 8.42 Å². The summed E-state index contributed by atoms with van der Waals surface area (Å²) in [4.78, 5) is 0.387. The molecule has 0 saturated carbocycles. The molecule has 0 radical (unpaired) electrons. The predicted octanol–water partition coefficient (Wildman–Crippen LogP) is 7.63. The average molecular weight is 538 g/mol. The van der Waals surface area contributed by atoms with Crippen molar-refractivity contribution in [3.05, 3.63) is 171 Å². The molecule has 2 aliphatic heterocycles. The molecule has 5 aromatic rings. The van der Waals surface area contributed by atoms with Crippen LogP contribution in [0.5, 0.6) is 0 Å². The molecule has 0 N–H and O–H groups in total. The Labute approximate surface area is 235 Å². The Morgan fingerprint density at radius 1 is 0.650 bits per heavy atom. The predicted molar refractivity (Wildman–Crippen MR) is 159 cm³/mol. The zero-order valence-electron chi connectivity index (χ0n) is 22.3. The van der Waals surface area contributed by atoms with Crippen LogP contribution in [-0.2, 0) is 15.6 Å². The third-order valence-electron chi connectivity index (χ3n) is 8.80. The first kappa shape index (κ1) is 23.6. The van der Waals surface area contributed by atoms with E-state index in [9.17, 15) is 8.42 Å². The van der Waals surface area contributed by atoms with E-state index in [0.717, 1.165) is 55.7 Å². The topological polar surface area (TPSA) is 37.4 Å². The van der Waals surface area contributed by atoms with Gasteiger partial charge in [0.05, 0.1) is 10.9 Å². The smallest absolute Gasteiger partial charge is 0.207 e. The molecule has 3 nitrogen and oxygen atoms in total. The summed E-state index contributed by atoms with van der Waals surface area (Å²) in [7, 11) is -3.88. The van der Waals surface area contributed by atoms with E-state index in [0.29, 0.717) is 4.90 Å². The average Bonchev–Trinajstić information content (AvgIpc) is 3.39. The van der Waals surface area contributed by atoms with E-state index in [2.05, 4.69) is 86.6 Å². The molecule has 194 valence electrons. The number of sulfonamides is 1. The molecule has 1 aliphatic carbocycles. The van der Waals surface area contributed by atoms with Crippen LogP contribution in [0.3, 0.4) is 0 Å². The van der Waals surface area contributed by atoms with Crippen LogP contribution in [0.2, 0.25) is 0 Å². The SMILES string of the molecule is Cc1ccc(C2=C3c4ccc(C)cc4[C@@H](c4ccccc4)N4[C@]3(c3ccccc32)c2ccccc2S4(=O)=O)cc1. The van der Waals surface area contributed by atoms with Gasteiger partial charge in [0.25, 0.3) is 0 Å². The van der Waals surface area contributed by atoms with Gasteiger partial charge in [-0.1, -0.05) is 126 Å². The highest BCUT2D eigenvalue weighted by molar-refractivity contribution is 7.89. The van der Waals surface area contributed by atoms with E-state index in [1.807, 2.05) is 46.8 Å². The van der Waals surface area contributed by atoms with Gasteiger partial charge in [-0.05, 0) is 64.4 Å². The Morgan fingerprint density at radius 3 is 2.08 bits per heavy atom. The first-order valence-electron chi connectivity index (χ1n) is 13.7. The van der Waals surface area contributed by atoms with Crippen LogP contribution in [0.15, 0.2) is 126 Å². The highest BCUT2D eigenvalue weighted by Crippen LogP contribution is 2.68. The summed E-state index contributed by atoms with van der Waals surface area (Å²) in [5, 5.41) is 0. The summed E-state index contributed by atoms with van der Waals surface area (Å²) in [6, 6.07) is 40.8. The maximum Gasteiger partial charge on any atom is 0.245 e. The second kappa shape index (κ2) is 8.14. The Bertz CT molecular complexity index is 1990. The molecule has 40 heavy (non-hydrogen) atoms. The molecule has 0 unspecified atom stereocenters. The third kappa shape index (κ3) is 2.85. The lowest BCUT2D eigenvalue weighted by molar-refractivity contribution is 0.260. The van der Waals surface area contributed by atoms with Gasteiger partial charge in [-0.3, -0.25) is 0 Å². The molecule has 0 bridgehead atoms. The Balaban J connectivity index is 1.63. The van der Waals surface area contributed by atoms with Crippen molar-refractivity contribution in [1.82, 2.24) is 4.31 Å². The highest BCUT2D eigenvalue weighted by atomic mass is 32.2. The van der Waals surface area contributed by atoms with Crippen LogP contribution < -0.4 is 0 Å². The number of aryl methyl sites for hydroxylation is 2. The molecular formula is C36H27NO2S. The molecule has 0 fully saturated rings. The van der Waals surface area contributed by atoms with Gasteiger partial charge in [0, 0.05) is 5.56 Å². The van der Waals surface area contributed by atoms with Gasteiger partial charge in [0.15, 0.2) is 0 Å².